The van der Waals surface area contributed by atoms with E-state index in [2.05, 4.69) is 47.7 Å². The molecule has 0 saturated carbocycles. The average molecular weight is 576 g/mol. The van der Waals surface area contributed by atoms with Gasteiger partial charge in [0.1, 0.15) is 23.5 Å². The molecule has 1 aliphatic heterocycles. The monoisotopic (exact) mass is 575 g/mol. The molecule has 9 nitrogen and oxygen atoms in total. The fourth-order valence-corrected chi connectivity index (χ4v) is 5.71. The normalized spacial score (nSPS) is 14.7. The molecule has 218 valence electrons. The van der Waals surface area contributed by atoms with Gasteiger partial charge in [-0.1, -0.05) is 48.5 Å². The van der Waals surface area contributed by atoms with Crippen molar-refractivity contribution in [2.24, 2.45) is 0 Å². The van der Waals surface area contributed by atoms with E-state index < -0.39 is 11.0 Å². The van der Waals surface area contributed by atoms with Crippen LogP contribution < -0.4 is 4.74 Å². The SMILES string of the molecule is Cc1cccc2c1nc(-c1ccccc1[N+](=O)[O-])n2CC(C)O.Cc1cccc2c1nc1n2CC(C)Oc2ccccc2-1. The van der Waals surface area contributed by atoms with Gasteiger partial charge in [-0.15, -0.1) is 0 Å². The number of ether oxygens (including phenoxy) is 1. The Balaban J connectivity index is 0.000000154. The second kappa shape index (κ2) is 11.3. The van der Waals surface area contributed by atoms with Crippen molar-refractivity contribution in [1.29, 1.82) is 0 Å². The van der Waals surface area contributed by atoms with Gasteiger partial charge in [0.15, 0.2) is 0 Å². The minimum Gasteiger partial charge on any atom is -0.488 e. The minimum atomic E-state index is -0.588. The molecule has 7 rings (SSSR count). The van der Waals surface area contributed by atoms with E-state index >= 15 is 0 Å². The highest BCUT2D eigenvalue weighted by atomic mass is 16.6. The van der Waals surface area contributed by atoms with Crippen molar-refractivity contribution in [2.75, 3.05) is 0 Å². The molecule has 0 saturated heterocycles. The number of nitro groups is 1. The van der Waals surface area contributed by atoms with E-state index in [1.165, 1.54) is 17.1 Å². The van der Waals surface area contributed by atoms with E-state index in [4.69, 9.17) is 9.72 Å². The van der Waals surface area contributed by atoms with Gasteiger partial charge in [-0.05, 0) is 69.2 Å². The van der Waals surface area contributed by atoms with Crippen LogP contribution in [-0.4, -0.2) is 41.3 Å². The number of para-hydroxylation sites is 4. The van der Waals surface area contributed by atoms with Crippen LogP contribution in [0, 0.1) is 24.0 Å². The molecule has 0 fully saturated rings. The molecule has 1 N–H and O–H groups in total. The van der Waals surface area contributed by atoms with Crippen LogP contribution in [0.1, 0.15) is 25.0 Å². The molecule has 0 spiro atoms. The number of aryl methyl sites for hydroxylation is 2. The summed E-state index contributed by atoms with van der Waals surface area (Å²) in [6.07, 6.45) is -0.454. The minimum absolute atomic E-state index is 0.00676. The van der Waals surface area contributed by atoms with Crippen molar-refractivity contribution < 1.29 is 14.8 Å². The van der Waals surface area contributed by atoms with Gasteiger partial charge < -0.3 is 19.0 Å². The van der Waals surface area contributed by atoms with Crippen molar-refractivity contribution >= 4 is 27.8 Å². The molecule has 3 heterocycles. The van der Waals surface area contributed by atoms with Crippen LogP contribution in [0.25, 0.3) is 44.8 Å². The van der Waals surface area contributed by atoms with E-state index in [0.717, 1.165) is 45.8 Å². The maximum absolute atomic E-state index is 11.3. The lowest BCUT2D eigenvalue weighted by Gasteiger charge is -2.13. The van der Waals surface area contributed by atoms with Gasteiger partial charge >= 0.3 is 0 Å². The first-order chi connectivity index (χ1) is 20.7. The van der Waals surface area contributed by atoms with Gasteiger partial charge in [0.2, 0.25) is 0 Å². The third-order valence-corrected chi connectivity index (χ3v) is 7.65. The van der Waals surface area contributed by atoms with Crippen LogP contribution in [0.5, 0.6) is 5.75 Å². The summed E-state index contributed by atoms with van der Waals surface area (Å²) in [4.78, 5) is 20.4. The number of rotatable bonds is 4. The Morgan fingerprint density at radius 3 is 2.19 bits per heavy atom. The number of hydrogen-bond acceptors (Lipinski definition) is 6. The zero-order chi connectivity index (χ0) is 30.2. The molecule has 0 bridgehead atoms. The molecule has 2 aromatic heterocycles. The van der Waals surface area contributed by atoms with Crippen LogP contribution >= 0.6 is 0 Å². The predicted octanol–water partition coefficient (Wildman–Crippen LogP) is 7.09. The molecule has 4 aromatic carbocycles. The van der Waals surface area contributed by atoms with Crippen molar-refractivity contribution in [1.82, 2.24) is 19.1 Å². The fourth-order valence-electron chi connectivity index (χ4n) is 5.71. The number of aliphatic hydroxyl groups is 1. The lowest BCUT2D eigenvalue weighted by atomic mass is 10.1. The zero-order valence-corrected chi connectivity index (χ0v) is 24.6. The lowest BCUT2D eigenvalue weighted by Crippen LogP contribution is -2.17. The summed E-state index contributed by atoms with van der Waals surface area (Å²) in [6, 6.07) is 26.8. The maximum atomic E-state index is 11.3. The van der Waals surface area contributed by atoms with Crippen molar-refractivity contribution in [3.63, 3.8) is 0 Å². The summed E-state index contributed by atoms with van der Waals surface area (Å²) in [5, 5.41) is 21.2. The Morgan fingerprint density at radius 2 is 1.49 bits per heavy atom. The van der Waals surface area contributed by atoms with Gasteiger partial charge in [0.25, 0.3) is 5.69 Å². The number of nitro benzene ring substituents is 1. The first kappa shape index (κ1) is 28.1. The Kier molecular flexibility index (Phi) is 7.41. The fraction of sp³-hybridized carbons (Fsp3) is 0.235. The first-order valence-electron chi connectivity index (χ1n) is 14.3. The number of aliphatic hydroxyl groups excluding tert-OH is 1. The molecule has 0 radical (unpaired) electrons. The molecule has 43 heavy (non-hydrogen) atoms. The van der Waals surface area contributed by atoms with Crippen molar-refractivity contribution in [3.05, 3.63) is 106 Å². The molecule has 0 aliphatic carbocycles. The third-order valence-electron chi connectivity index (χ3n) is 7.65. The molecule has 0 amide bonds. The predicted molar refractivity (Wildman–Crippen MR) is 168 cm³/mol. The summed E-state index contributed by atoms with van der Waals surface area (Å²) >= 11 is 0. The summed E-state index contributed by atoms with van der Waals surface area (Å²) in [5.74, 6) is 2.43. The number of imidazole rings is 2. The number of fused-ring (bicyclic) bond motifs is 6. The van der Waals surface area contributed by atoms with Crippen LogP contribution in [0.2, 0.25) is 0 Å². The third kappa shape index (κ3) is 5.23. The molecular formula is C34H33N5O4. The van der Waals surface area contributed by atoms with Gasteiger partial charge in [-0.2, -0.15) is 0 Å². The summed E-state index contributed by atoms with van der Waals surface area (Å²) < 4.78 is 10.1. The Bertz CT molecular complexity index is 1970. The number of aromatic nitrogens is 4. The summed E-state index contributed by atoms with van der Waals surface area (Å²) in [7, 11) is 0. The first-order valence-corrected chi connectivity index (χ1v) is 14.3. The largest absolute Gasteiger partial charge is 0.488 e. The van der Waals surface area contributed by atoms with Gasteiger partial charge in [0.05, 0.1) is 57.3 Å². The van der Waals surface area contributed by atoms with E-state index in [1.54, 1.807) is 25.1 Å². The number of nitrogens with zero attached hydrogens (tertiary/aromatic N) is 5. The van der Waals surface area contributed by atoms with Crippen LogP contribution in [-0.2, 0) is 13.1 Å². The highest BCUT2D eigenvalue weighted by Gasteiger charge is 2.24. The second-order valence-electron chi connectivity index (χ2n) is 11.0. The van der Waals surface area contributed by atoms with E-state index in [0.29, 0.717) is 17.9 Å². The number of benzene rings is 4. The van der Waals surface area contributed by atoms with Crippen molar-refractivity contribution in [3.8, 4) is 28.5 Å². The second-order valence-corrected chi connectivity index (χ2v) is 11.0. The summed E-state index contributed by atoms with van der Waals surface area (Å²) in [6.45, 7) is 9.00. The highest BCUT2D eigenvalue weighted by molar-refractivity contribution is 5.86. The van der Waals surface area contributed by atoms with Gasteiger partial charge in [-0.25, -0.2) is 9.97 Å². The van der Waals surface area contributed by atoms with Crippen LogP contribution in [0.15, 0.2) is 84.9 Å². The van der Waals surface area contributed by atoms with Crippen LogP contribution in [0.4, 0.5) is 5.69 Å². The highest BCUT2D eigenvalue weighted by Crippen LogP contribution is 2.36. The topological polar surface area (TPSA) is 108 Å². The molecule has 9 heteroatoms. The number of hydrogen-bond donors (Lipinski definition) is 1. The van der Waals surface area contributed by atoms with Crippen LogP contribution in [0.3, 0.4) is 0 Å². The zero-order valence-electron chi connectivity index (χ0n) is 24.6. The molecule has 6 aromatic rings. The molecule has 1 aliphatic rings. The Labute approximate surface area is 249 Å². The molecule has 2 atom stereocenters. The van der Waals surface area contributed by atoms with Gasteiger partial charge in [0, 0.05) is 6.07 Å². The Hall–Kier alpha value is -5.02. The van der Waals surface area contributed by atoms with Crippen molar-refractivity contribution in [2.45, 2.75) is 53.0 Å². The van der Waals surface area contributed by atoms with E-state index in [1.807, 2.05) is 47.9 Å². The maximum Gasteiger partial charge on any atom is 0.280 e. The van der Waals surface area contributed by atoms with E-state index in [-0.39, 0.29) is 11.8 Å². The Morgan fingerprint density at radius 1 is 0.884 bits per heavy atom. The summed E-state index contributed by atoms with van der Waals surface area (Å²) in [5.41, 5.74) is 7.67. The lowest BCUT2D eigenvalue weighted by molar-refractivity contribution is -0.384. The molecule has 2 unspecified atom stereocenters. The van der Waals surface area contributed by atoms with E-state index in [9.17, 15) is 15.2 Å². The van der Waals surface area contributed by atoms with Gasteiger partial charge in [-0.3, -0.25) is 10.1 Å². The average Bonchev–Trinajstić information content (AvgIpc) is 3.49. The smallest absolute Gasteiger partial charge is 0.280 e. The quantitative estimate of drug-likeness (QED) is 0.178. The molecular weight excluding hydrogens is 542 g/mol. The standard InChI is InChI=1S/C17H17N3O3.C17H16N2O/c1-11-6-5-9-15-16(11)18-17(19(15)10-12(2)21)13-7-3-4-8-14(13)20(22)23;1-11-6-5-8-14-16(11)18-17-13-7-3-4-9-15(13)20-12(2)10-19(14)17/h3-9,12,21H,10H2,1-2H3;3-9,12H,10H2,1-2H3.